The first-order valence-corrected chi connectivity index (χ1v) is 11.7. The van der Waals surface area contributed by atoms with Crippen molar-refractivity contribution in [1.29, 1.82) is 0 Å². The predicted molar refractivity (Wildman–Crippen MR) is 117 cm³/mol. The molecule has 0 unspecified atom stereocenters. The summed E-state index contributed by atoms with van der Waals surface area (Å²) >= 11 is 1.79. The van der Waals surface area contributed by atoms with E-state index in [1.807, 2.05) is 0 Å². The molecule has 6 nitrogen and oxygen atoms in total. The van der Waals surface area contributed by atoms with Gasteiger partial charge in [-0.2, -0.15) is 0 Å². The summed E-state index contributed by atoms with van der Waals surface area (Å²) in [7, 11) is 0. The third-order valence-corrected chi connectivity index (χ3v) is 6.73. The van der Waals surface area contributed by atoms with Crippen LogP contribution < -0.4 is 0 Å². The highest BCUT2D eigenvalue weighted by Gasteiger charge is 2.31. The lowest BCUT2D eigenvalue weighted by Gasteiger charge is -2.33. The zero-order chi connectivity index (χ0) is 19.8. The molecule has 5 rings (SSSR count). The minimum Gasteiger partial charge on any atom is -0.375 e. The molecule has 7 heteroatoms. The fourth-order valence-electron chi connectivity index (χ4n) is 4.21. The minimum absolute atomic E-state index is 0.258. The number of ether oxygens (including phenoxy) is 1. The monoisotopic (exact) mass is 411 g/mol. The van der Waals surface area contributed by atoms with Crippen LogP contribution in [0.2, 0.25) is 0 Å². The summed E-state index contributed by atoms with van der Waals surface area (Å²) in [5, 5.41) is 11.4. The third kappa shape index (κ3) is 4.09. The van der Waals surface area contributed by atoms with Crippen LogP contribution in [0.1, 0.15) is 32.7 Å². The molecule has 1 aliphatic carbocycles. The van der Waals surface area contributed by atoms with Gasteiger partial charge in [0.15, 0.2) is 11.0 Å². The number of nitrogens with one attached hydrogen (secondary N) is 1. The molecular formula is C22H29N5OS. The number of hydrogen-bond acceptors (Lipinski definition) is 5. The van der Waals surface area contributed by atoms with E-state index in [-0.39, 0.29) is 6.10 Å². The molecule has 0 radical (unpaired) electrons. The molecule has 1 atom stereocenters. The summed E-state index contributed by atoms with van der Waals surface area (Å²) in [6.45, 7) is 8.59. The summed E-state index contributed by atoms with van der Waals surface area (Å²) in [6, 6.07) is 8.92. The summed E-state index contributed by atoms with van der Waals surface area (Å²) in [5.74, 6) is 2.60. The van der Waals surface area contributed by atoms with Crippen LogP contribution in [0.15, 0.2) is 35.6 Å². The van der Waals surface area contributed by atoms with Gasteiger partial charge < -0.3 is 9.72 Å². The van der Waals surface area contributed by atoms with Crippen molar-refractivity contribution in [1.82, 2.24) is 24.6 Å². The zero-order valence-corrected chi connectivity index (χ0v) is 18.0. The number of aromatic nitrogens is 4. The van der Waals surface area contributed by atoms with E-state index in [0.717, 1.165) is 54.1 Å². The Hall–Kier alpha value is -1.83. The minimum atomic E-state index is 0.258. The van der Waals surface area contributed by atoms with Crippen LogP contribution in [0.4, 0.5) is 0 Å². The maximum absolute atomic E-state index is 6.04. The van der Waals surface area contributed by atoms with Gasteiger partial charge in [0.05, 0.1) is 12.7 Å². The van der Waals surface area contributed by atoms with E-state index in [1.54, 1.807) is 11.8 Å². The van der Waals surface area contributed by atoms with E-state index in [0.29, 0.717) is 12.0 Å². The van der Waals surface area contributed by atoms with Gasteiger partial charge >= 0.3 is 0 Å². The van der Waals surface area contributed by atoms with Gasteiger partial charge in [0.25, 0.3) is 0 Å². The van der Waals surface area contributed by atoms with Crippen LogP contribution >= 0.6 is 11.8 Å². The number of aromatic amines is 1. The maximum atomic E-state index is 6.04. The largest absolute Gasteiger partial charge is 0.375 e. The highest BCUT2D eigenvalue weighted by Crippen LogP contribution is 2.42. The Bertz CT molecular complexity index is 977. The molecule has 154 valence electrons. The van der Waals surface area contributed by atoms with E-state index in [1.165, 1.54) is 18.2 Å². The molecule has 3 aromatic rings. The lowest BCUT2D eigenvalue weighted by atomic mass is 10.1. The fourth-order valence-corrected chi connectivity index (χ4v) is 5.22. The lowest BCUT2D eigenvalue weighted by Crippen LogP contribution is -2.44. The highest BCUT2D eigenvalue weighted by atomic mass is 32.2. The second-order valence-corrected chi connectivity index (χ2v) is 9.60. The Morgan fingerprint density at radius 1 is 1.24 bits per heavy atom. The first-order chi connectivity index (χ1) is 14.2. The Balaban J connectivity index is 1.34. The van der Waals surface area contributed by atoms with Crippen molar-refractivity contribution in [2.75, 3.05) is 32.0 Å². The number of rotatable bonds is 7. The summed E-state index contributed by atoms with van der Waals surface area (Å²) in [6.07, 6.45) is 4.75. The molecule has 0 bridgehead atoms. The second-order valence-electron chi connectivity index (χ2n) is 8.61. The molecule has 0 spiro atoms. The van der Waals surface area contributed by atoms with E-state index >= 15 is 0 Å². The average molecular weight is 412 g/mol. The van der Waals surface area contributed by atoms with Crippen molar-refractivity contribution in [3.05, 3.63) is 30.5 Å². The first kappa shape index (κ1) is 19.2. The van der Waals surface area contributed by atoms with E-state index in [2.05, 4.69) is 69.0 Å². The SMILES string of the molecule is CC(C)CN1CCO[C@H](CSc2nnc(-c3c[nH]c4ccccc34)n2C2CC2)C1. The Labute approximate surface area is 176 Å². The van der Waals surface area contributed by atoms with Gasteiger partial charge in [0.1, 0.15) is 0 Å². The van der Waals surface area contributed by atoms with Crippen LogP contribution in [0.5, 0.6) is 0 Å². The van der Waals surface area contributed by atoms with Crippen molar-refractivity contribution < 1.29 is 4.74 Å². The van der Waals surface area contributed by atoms with E-state index in [9.17, 15) is 0 Å². The van der Waals surface area contributed by atoms with E-state index < -0.39 is 0 Å². The van der Waals surface area contributed by atoms with Crippen LogP contribution in [-0.4, -0.2) is 62.7 Å². The predicted octanol–water partition coefficient (Wildman–Crippen LogP) is 4.21. The van der Waals surface area contributed by atoms with Crippen molar-refractivity contribution in [2.45, 2.75) is 44.0 Å². The van der Waals surface area contributed by atoms with Gasteiger partial charge in [-0.25, -0.2) is 0 Å². The van der Waals surface area contributed by atoms with Gasteiger partial charge in [-0.1, -0.05) is 43.8 Å². The number of nitrogens with zero attached hydrogens (tertiary/aromatic N) is 4. The number of para-hydroxylation sites is 1. The molecule has 1 N–H and O–H groups in total. The van der Waals surface area contributed by atoms with Gasteiger partial charge in [-0.15, -0.1) is 10.2 Å². The van der Waals surface area contributed by atoms with Crippen molar-refractivity contribution >= 4 is 22.7 Å². The first-order valence-electron chi connectivity index (χ1n) is 10.7. The molecule has 2 fully saturated rings. The molecule has 2 aliphatic rings. The fraction of sp³-hybridized carbons (Fsp3) is 0.545. The Morgan fingerprint density at radius 3 is 2.93 bits per heavy atom. The summed E-state index contributed by atoms with van der Waals surface area (Å²) in [4.78, 5) is 5.90. The van der Waals surface area contributed by atoms with Gasteiger partial charge in [-0.05, 0) is 24.8 Å². The van der Waals surface area contributed by atoms with Gasteiger partial charge in [0, 0.05) is 54.1 Å². The highest BCUT2D eigenvalue weighted by molar-refractivity contribution is 7.99. The standard InChI is InChI=1S/C22H29N5OS/c1-15(2)12-26-9-10-28-17(13-26)14-29-22-25-24-21(27(22)16-7-8-16)19-11-23-20-6-4-3-5-18(19)20/h3-6,11,15-17,23H,7-10,12-14H2,1-2H3/t17-/m0/s1. The molecule has 0 amide bonds. The lowest BCUT2D eigenvalue weighted by molar-refractivity contribution is -0.0191. The van der Waals surface area contributed by atoms with Crippen molar-refractivity contribution in [2.24, 2.45) is 5.92 Å². The van der Waals surface area contributed by atoms with E-state index in [4.69, 9.17) is 4.74 Å². The third-order valence-electron chi connectivity index (χ3n) is 5.65. The summed E-state index contributed by atoms with van der Waals surface area (Å²) < 4.78 is 8.40. The molecule has 1 aromatic carbocycles. The molecule has 29 heavy (non-hydrogen) atoms. The number of thioether (sulfide) groups is 1. The Morgan fingerprint density at radius 2 is 2.10 bits per heavy atom. The Kier molecular flexibility index (Phi) is 5.37. The van der Waals surface area contributed by atoms with Crippen LogP contribution in [-0.2, 0) is 4.74 Å². The topological polar surface area (TPSA) is 59.0 Å². The normalized spacial score (nSPS) is 20.7. The number of morpholine rings is 1. The maximum Gasteiger partial charge on any atom is 0.191 e. The number of H-pyrrole nitrogens is 1. The molecular weight excluding hydrogens is 382 g/mol. The van der Waals surface area contributed by atoms with Crippen molar-refractivity contribution in [3.63, 3.8) is 0 Å². The number of hydrogen-bond donors (Lipinski definition) is 1. The van der Waals surface area contributed by atoms with Gasteiger partial charge in [-0.3, -0.25) is 9.47 Å². The van der Waals surface area contributed by atoms with Crippen LogP contribution in [0.25, 0.3) is 22.3 Å². The molecule has 3 heterocycles. The second kappa shape index (κ2) is 8.13. The molecule has 1 aliphatic heterocycles. The molecule has 1 saturated heterocycles. The van der Waals surface area contributed by atoms with Gasteiger partial charge in [0.2, 0.25) is 0 Å². The number of fused-ring (bicyclic) bond motifs is 1. The van der Waals surface area contributed by atoms with Crippen molar-refractivity contribution in [3.8, 4) is 11.4 Å². The van der Waals surface area contributed by atoms with Crippen LogP contribution in [0, 0.1) is 5.92 Å². The quantitative estimate of drug-likeness (QED) is 0.590. The number of benzene rings is 1. The molecule has 2 aromatic heterocycles. The zero-order valence-electron chi connectivity index (χ0n) is 17.2. The smallest absolute Gasteiger partial charge is 0.191 e. The molecule has 1 saturated carbocycles. The van der Waals surface area contributed by atoms with Crippen LogP contribution in [0.3, 0.4) is 0 Å². The summed E-state index contributed by atoms with van der Waals surface area (Å²) in [5.41, 5.74) is 2.28. The average Bonchev–Trinajstić information content (AvgIpc) is 3.32.